The van der Waals surface area contributed by atoms with Crippen LogP contribution in [0, 0.1) is 0 Å². The molecule has 0 spiro atoms. The highest BCUT2D eigenvalue weighted by atomic mass is 16.3. The van der Waals surface area contributed by atoms with E-state index >= 15 is 0 Å². The molecule has 0 bridgehead atoms. The second kappa shape index (κ2) is 4.49. The number of hydrogen-bond donors (Lipinski definition) is 1. The van der Waals surface area contributed by atoms with Crippen molar-refractivity contribution >= 4 is 16.7 Å². The van der Waals surface area contributed by atoms with Gasteiger partial charge in [-0.05, 0) is 44.4 Å². The zero-order valence-electron chi connectivity index (χ0n) is 11.6. The van der Waals surface area contributed by atoms with Gasteiger partial charge in [-0.1, -0.05) is 18.2 Å². The quantitative estimate of drug-likeness (QED) is 0.897. The summed E-state index contributed by atoms with van der Waals surface area (Å²) >= 11 is 0. The zero-order valence-corrected chi connectivity index (χ0v) is 11.6. The van der Waals surface area contributed by atoms with Crippen molar-refractivity contribution in [3.05, 3.63) is 35.9 Å². The van der Waals surface area contributed by atoms with E-state index in [-0.39, 0.29) is 12.1 Å². The molecule has 1 aromatic heterocycles. The molecule has 0 radical (unpaired) electrons. The maximum Gasteiger partial charge on any atom is 0.130 e. The number of fused-ring (bicyclic) bond motifs is 1. The van der Waals surface area contributed by atoms with Crippen molar-refractivity contribution in [2.24, 2.45) is 0 Å². The fourth-order valence-electron chi connectivity index (χ4n) is 3.03. The predicted molar refractivity (Wildman–Crippen MR) is 78.3 cm³/mol. The number of aliphatic hydroxyl groups excluding tert-OH is 1. The molecule has 0 unspecified atom stereocenters. The minimum atomic E-state index is 0.0598. The first-order valence-electron chi connectivity index (χ1n) is 6.89. The Kier molecular flexibility index (Phi) is 2.94. The molecule has 2 aromatic rings. The third kappa shape index (κ3) is 2.08. The van der Waals surface area contributed by atoms with Crippen molar-refractivity contribution in [2.75, 3.05) is 11.4 Å². The van der Waals surface area contributed by atoms with Crippen LogP contribution in [0.25, 0.3) is 10.9 Å². The summed E-state index contributed by atoms with van der Waals surface area (Å²) in [7, 11) is 0. The Balaban J connectivity index is 2.15. The Morgan fingerprint density at radius 1 is 1.32 bits per heavy atom. The Labute approximate surface area is 113 Å². The third-order valence-corrected chi connectivity index (χ3v) is 4.14. The van der Waals surface area contributed by atoms with Gasteiger partial charge >= 0.3 is 0 Å². The molecule has 3 nitrogen and oxygen atoms in total. The van der Waals surface area contributed by atoms with Crippen molar-refractivity contribution in [3.8, 4) is 0 Å². The number of aliphatic hydroxyl groups is 1. The normalized spacial score (nSPS) is 18.2. The van der Waals surface area contributed by atoms with E-state index in [1.165, 1.54) is 12.8 Å². The van der Waals surface area contributed by atoms with E-state index in [4.69, 9.17) is 4.98 Å². The highest BCUT2D eigenvalue weighted by molar-refractivity contribution is 5.84. The Hall–Kier alpha value is -1.61. The molecule has 3 rings (SSSR count). The molecule has 1 aromatic carbocycles. The monoisotopic (exact) mass is 256 g/mol. The summed E-state index contributed by atoms with van der Waals surface area (Å²) in [4.78, 5) is 7.14. The highest BCUT2D eigenvalue weighted by Crippen LogP contribution is 2.34. The molecule has 0 aliphatic carbocycles. The second-order valence-corrected chi connectivity index (χ2v) is 5.88. The van der Waals surface area contributed by atoms with Crippen molar-refractivity contribution in [2.45, 2.75) is 38.8 Å². The lowest BCUT2D eigenvalue weighted by atomic mass is 10.0. The van der Waals surface area contributed by atoms with Gasteiger partial charge in [0.1, 0.15) is 5.82 Å². The van der Waals surface area contributed by atoms with Crippen LogP contribution in [0.4, 0.5) is 5.82 Å². The number of rotatable bonds is 2. The van der Waals surface area contributed by atoms with Gasteiger partial charge < -0.3 is 10.0 Å². The smallest absolute Gasteiger partial charge is 0.130 e. The van der Waals surface area contributed by atoms with Crippen LogP contribution in [0.2, 0.25) is 0 Å². The highest BCUT2D eigenvalue weighted by Gasteiger charge is 2.33. The van der Waals surface area contributed by atoms with E-state index in [1.807, 2.05) is 30.3 Å². The molecule has 100 valence electrons. The van der Waals surface area contributed by atoms with Gasteiger partial charge in [0.15, 0.2) is 0 Å². The minimum Gasteiger partial charge on any atom is -0.392 e. The predicted octanol–water partition coefficient (Wildman–Crippen LogP) is 3.11. The Morgan fingerprint density at radius 2 is 2.11 bits per heavy atom. The number of anilines is 1. The first-order valence-corrected chi connectivity index (χ1v) is 6.89. The van der Waals surface area contributed by atoms with E-state index in [1.54, 1.807) is 0 Å². The van der Waals surface area contributed by atoms with Crippen LogP contribution < -0.4 is 4.90 Å². The van der Waals surface area contributed by atoms with E-state index in [0.717, 1.165) is 28.8 Å². The van der Waals surface area contributed by atoms with Crippen molar-refractivity contribution in [3.63, 3.8) is 0 Å². The summed E-state index contributed by atoms with van der Waals surface area (Å²) in [5.41, 5.74) is 2.08. The van der Waals surface area contributed by atoms with E-state index in [2.05, 4.69) is 18.7 Å². The molecular weight excluding hydrogens is 236 g/mol. The lowest BCUT2D eigenvalue weighted by molar-refractivity contribution is 0.283. The topological polar surface area (TPSA) is 36.4 Å². The molecule has 0 atom stereocenters. The van der Waals surface area contributed by atoms with Crippen molar-refractivity contribution < 1.29 is 5.11 Å². The summed E-state index contributed by atoms with van der Waals surface area (Å²) in [5, 5.41) is 10.6. The first-order chi connectivity index (χ1) is 9.12. The van der Waals surface area contributed by atoms with Crippen LogP contribution in [0.5, 0.6) is 0 Å². The maximum atomic E-state index is 9.59. The maximum absolute atomic E-state index is 9.59. The Bertz CT molecular complexity index is 607. The van der Waals surface area contributed by atoms with E-state index < -0.39 is 0 Å². The lowest BCUT2D eigenvalue weighted by Crippen LogP contribution is -2.38. The summed E-state index contributed by atoms with van der Waals surface area (Å²) in [6.45, 7) is 5.62. The molecule has 2 heterocycles. The molecule has 1 fully saturated rings. The van der Waals surface area contributed by atoms with Crippen LogP contribution in [0.1, 0.15) is 32.3 Å². The summed E-state index contributed by atoms with van der Waals surface area (Å²) in [6.07, 6.45) is 2.39. The third-order valence-electron chi connectivity index (χ3n) is 4.14. The van der Waals surface area contributed by atoms with Gasteiger partial charge in [0.25, 0.3) is 0 Å². The fourth-order valence-corrected chi connectivity index (χ4v) is 3.03. The molecule has 1 aliphatic rings. The number of benzene rings is 1. The molecule has 0 saturated carbocycles. The number of para-hydroxylation sites is 1. The van der Waals surface area contributed by atoms with Gasteiger partial charge in [0.2, 0.25) is 0 Å². The van der Waals surface area contributed by atoms with Crippen LogP contribution >= 0.6 is 0 Å². The molecule has 1 N–H and O–H groups in total. The number of nitrogens with zero attached hydrogens (tertiary/aromatic N) is 2. The fraction of sp³-hybridized carbons (Fsp3) is 0.438. The van der Waals surface area contributed by atoms with Crippen molar-refractivity contribution in [1.82, 2.24) is 4.98 Å². The van der Waals surface area contributed by atoms with Gasteiger partial charge in [-0.3, -0.25) is 0 Å². The molecule has 3 heteroatoms. The van der Waals surface area contributed by atoms with E-state index in [9.17, 15) is 5.11 Å². The number of aromatic nitrogens is 1. The minimum absolute atomic E-state index is 0.0598. The zero-order chi connectivity index (χ0) is 13.5. The largest absolute Gasteiger partial charge is 0.392 e. The second-order valence-electron chi connectivity index (χ2n) is 5.88. The van der Waals surface area contributed by atoms with E-state index in [0.29, 0.717) is 0 Å². The number of pyridine rings is 1. The van der Waals surface area contributed by atoms with Crippen LogP contribution in [-0.4, -0.2) is 22.2 Å². The summed E-state index contributed by atoms with van der Waals surface area (Å²) in [6, 6.07) is 10.1. The number of hydrogen-bond acceptors (Lipinski definition) is 3. The SMILES string of the molecule is CC1(C)CCCN1c1cc(CO)c2ccccc2n1. The average Bonchev–Trinajstić information content (AvgIpc) is 2.77. The average molecular weight is 256 g/mol. The van der Waals surface area contributed by atoms with Crippen LogP contribution in [0.15, 0.2) is 30.3 Å². The van der Waals surface area contributed by atoms with Gasteiger partial charge in [-0.2, -0.15) is 0 Å². The Morgan fingerprint density at radius 3 is 2.79 bits per heavy atom. The lowest BCUT2D eigenvalue weighted by Gasteiger charge is -2.33. The summed E-state index contributed by atoms with van der Waals surface area (Å²) < 4.78 is 0. The molecule has 0 amide bonds. The molecule has 1 aliphatic heterocycles. The molecular formula is C16H20N2O. The van der Waals surface area contributed by atoms with Gasteiger partial charge in [-0.15, -0.1) is 0 Å². The van der Waals surface area contributed by atoms with Crippen LogP contribution in [0.3, 0.4) is 0 Å². The van der Waals surface area contributed by atoms with Crippen molar-refractivity contribution in [1.29, 1.82) is 0 Å². The standard InChI is InChI=1S/C16H20N2O/c1-16(2)8-5-9-18(16)15-10-12(11-19)13-6-3-4-7-14(13)17-15/h3-4,6-7,10,19H,5,8-9,11H2,1-2H3. The molecule has 19 heavy (non-hydrogen) atoms. The first kappa shape index (κ1) is 12.4. The molecule has 1 saturated heterocycles. The van der Waals surface area contributed by atoms with Gasteiger partial charge in [0.05, 0.1) is 12.1 Å². The van der Waals surface area contributed by atoms with Gasteiger partial charge in [-0.25, -0.2) is 4.98 Å². The van der Waals surface area contributed by atoms with Gasteiger partial charge in [0, 0.05) is 17.5 Å². The summed E-state index contributed by atoms with van der Waals surface area (Å²) in [5.74, 6) is 0.991. The van der Waals surface area contributed by atoms with Crippen LogP contribution in [-0.2, 0) is 6.61 Å².